The molecule has 0 aliphatic rings. The average Bonchev–Trinajstić information content (AvgIpc) is 2.47. The lowest BCUT2D eigenvalue weighted by atomic mass is 10.2. The predicted octanol–water partition coefficient (Wildman–Crippen LogP) is 3.63. The van der Waals surface area contributed by atoms with Crippen LogP contribution in [0.1, 0.15) is 5.56 Å². The van der Waals surface area contributed by atoms with Crippen molar-refractivity contribution in [1.29, 1.82) is 0 Å². The van der Waals surface area contributed by atoms with Crippen LogP contribution in [-0.2, 0) is 11.3 Å². The number of hydrogen-bond acceptors (Lipinski definition) is 2. The number of benzene rings is 2. The van der Waals surface area contributed by atoms with Crippen LogP contribution in [-0.4, -0.2) is 24.5 Å². The minimum atomic E-state index is -0.286. The van der Waals surface area contributed by atoms with Crippen molar-refractivity contribution in [1.82, 2.24) is 4.90 Å². The molecule has 0 aliphatic heterocycles. The fraction of sp³-hybridized carbons (Fsp3) is 0.188. The van der Waals surface area contributed by atoms with Crippen molar-refractivity contribution < 1.29 is 13.9 Å². The molecule has 2 aromatic rings. The Morgan fingerprint density at radius 1 is 1.24 bits per heavy atom. The molecule has 0 bridgehead atoms. The summed E-state index contributed by atoms with van der Waals surface area (Å²) >= 11 is 3.34. The van der Waals surface area contributed by atoms with Gasteiger partial charge in [-0.15, -0.1) is 0 Å². The molecular formula is C16H15BrFNO2. The molecule has 21 heavy (non-hydrogen) atoms. The summed E-state index contributed by atoms with van der Waals surface area (Å²) in [5.41, 5.74) is 0.870. The van der Waals surface area contributed by atoms with Crippen LogP contribution in [0.2, 0.25) is 0 Å². The zero-order chi connectivity index (χ0) is 15.2. The number of halogens is 2. The molecule has 2 rings (SSSR count). The van der Waals surface area contributed by atoms with Gasteiger partial charge in [0.1, 0.15) is 11.6 Å². The summed E-state index contributed by atoms with van der Waals surface area (Å²) in [5, 5.41) is 0. The van der Waals surface area contributed by atoms with Gasteiger partial charge in [0, 0.05) is 18.1 Å². The zero-order valence-electron chi connectivity index (χ0n) is 11.6. The van der Waals surface area contributed by atoms with Crippen molar-refractivity contribution in [2.24, 2.45) is 0 Å². The largest absolute Gasteiger partial charge is 0.484 e. The Bertz CT molecular complexity index is 616. The third-order valence-corrected chi connectivity index (χ3v) is 3.41. The number of rotatable bonds is 5. The Kier molecular flexibility index (Phi) is 5.33. The van der Waals surface area contributed by atoms with Gasteiger partial charge in [0.05, 0.1) is 0 Å². The summed E-state index contributed by atoms with van der Waals surface area (Å²) < 4.78 is 19.2. The molecule has 0 heterocycles. The number of carbonyl (C=O) groups excluding carboxylic acids is 1. The second-order valence-electron chi connectivity index (χ2n) is 4.62. The molecule has 0 fully saturated rings. The predicted molar refractivity (Wildman–Crippen MR) is 82.5 cm³/mol. The first-order valence-electron chi connectivity index (χ1n) is 6.41. The molecule has 0 N–H and O–H groups in total. The molecule has 2 aromatic carbocycles. The van der Waals surface area contributed by atoms with Gasteiger partial charge < -0.3 is 9.64 Å². The highest BCUT2D eigenvalue weighted by molar-refractivity contribution is 9.10. The van der Waals surface area contributed by atoms with E-state index in [0.717, 1.165) is 10.0 Å². The Morgan fingerprint density at radius 2 is 1.95 bits per heavy atom. The molecule has 5 heteroatoms. The van der Waals surface area contributed by atoms with E-state index in [1.54, 1.807) is 36.2 Å². The first kappa shape index (κ1) is 15.5. The van der Waals surface area contributed by atoms with Crippen LogP contribution in [0, 0.1) is 5.82 Å². The van der Waals surface area contributed by atoms with E-state index in [0.29, 0.717) is 12.3 Å². The van der Waals surface area contributed by atoms with Gasteiger partial charge in [-0.05, 0) is 35.9 Å². The third kappa shape index (κ3) is 4.86. The van der Waals surface area contributed by atoms with Crippen molar-refractivity contribution in [3.05, 3.63) is 64.4 Å². The Hall–Kier alpha value is -1.88. The number of nitrogens with zero attached hydrogens (tertiary/aromatic N) is 1. The lowest BCUT2D eigenvalue weighted by Gasteiger charge is -2.17. The van der Waals surface area contributed by atoms with E-state index in [1.165, 1.54) is 12.1 Å². The molecule has 0 atom stereocenters. The lowest BCUT2D eigenvalue weighted by molar-refractivity contribution is -0.132. The fourth-order valence-electron chi connectivity index (χ4n) is 1.76. The molecule has 0 saturated heterocycles. The number of hydrogen-bond donors (Lipinski definition) is 0. The van der Waals surface area contributed by atoms with Gasteiger partial charge >= 0.3 is 0 Å². The van der Waals surface area contributed by atoms with Gasteiger partial charge in [-0.2, -0.15) is 0 Å². The van der Waals surface area contributed by atoms with E-state index in [4.69, 9.17) is 4.74 Å². The fourth-order valence-corrected chi connectivity index (χ4v) is 2.14. The average molecular weight is 352 g/mol. The standard InChI is InChI=1S/C16H15BrFNO2/c1-19(10-12-5-7-14(18)8-6-12)16(20)11-21-15-4-2-3-13(17)9-15/h2-9H,10-11H2,1H3. The number of likely N-dealkylation sites (N-methyl/N-ethyl adjacent to an activating group) is 1. The molecule has 1 amide bonds. The summed E-state index contributed by atoms with van der Waals surface area (Å²) in [5.74, 6) is 0.206. The Balaban J connectivity index is 1.86. The van der Waals surface area contributed by atoms with Crippen molar-refractivity contribution in [3.8, 4) is 5.75 Å². The molecule has 0 aliphatic carbocycles. The molecule has 3 nitrogen and oxygen atoms in total. The van der Waals surface area contributed by atoms with Gasteiger partial charge in [0.25, 0.3) is 5.91 Å². The van der Waals surface area contributed by atoms with E-state index in [1.807, 2.05) is 12.1 Å². The third-order valence-electron chi connectivity index (χ3n) is 2.92. The molecular weight excluding hydrogens is 337 g/mol. The SMILES string of the molecule is CN(Cc1ccc(F)cc1)C(=O)COc1cccc(Br)c1. The summed E-state index contributed by atoms with van der Waals surface area (Å²) in [6, 6.07) is 13.4. The van der Waals surface area contributed by atoms with E-state index >= 15 is 0 Å². The van der Waals surface area contributed by atoms with E-state index in [9.17, 15) is 9.18 Å². The number of amides is 1. The highest BCUT2D eigenvalue weighted by atomic mass is 79.9. The summed E-state index contributed by atoms with van der Waals surface area (Å²) in [4.78, 5) is 13.5. The van der Waals surface area contributed by atoms with Gasteiger partial charge in [0.2, 0.25) is 0 Å². The first-order chi connectivity index (χ1) is 10.0. The second kappa shape index (κ2) is 7.22. The molecule has 0 aromatic heterocycles. The van der Waals surface area contributed by atoms with E-state index in [-0.39, 0.29) is 18.3 Å². The molecule has 0 saturated carbocycles. The highest BCUT2D eigenvalue weighted by Crippen LogP contribution is 2.17. The van der Waals surface area contributed by atoms with Crippen LogP contribution in [0.3, 0.4) is 0 Å². The minimum Gasteiger partial charge on any atom is -0.484 e. The van der Waals surface area contributed by atoms with E-state index < -0.39 is 0 Å². The monoisotopic (exact) mass is 351 g/mol. The topological polar surface area (TPSA) is 29.5 Å². The quantitative estimate of drug-likeness (QED) is 0.823. The Morgan fingerprint density at radius 3 is 2.62 bits per heavy atom. The maximum Gasteiger partial charge on any atom is 0.260 e. The maximum atomic E-state index is 12.8. The smallest absolute Gasteiger partial charge is 0.260 e. The van der Waals surface area contributed by atoms with Gasteiger partial charge in [-0.1, -0.05) is 34.1 Å². The molecule has 0 radical (unpaired) electrons. The number of ether oxygens (including phenoxy) is 1. The van der Waals surface area contributed by atoms with Crippen LogP contribution >= 0.6 is 15.9 Å². The van der Waals surface area contributed by atoms with Crippen LogP contribution in [0.5, 0.6) is 5.75 Å². The highest BCUT2D eigenvalue weighted by Gasteiger charge is 2.10. The summed E-state index contributed by atoms with van der Waals surface area (Å²) in [7, 11) is 1.69. The van der Waals surface area contributed by atoms with Crippen molar-refractivity contribution in [3.63, 3.8) is 0 Å². The zero-order valence-corrected chi connectivity index (χ0v) is 13.1. The van der Waals surface area contributed by atoms with Crippen LogP contribution in [0.4, 0.5) is 4.39 Å². The van der Waals surface area contributed by atoms with E-state index in [2.05, 4.69) is 15.9 Å². The van der Waals surface area contributed by atoms with Crippen LogP contribution < -0.4 is 4.74 Å². The normalized spacial score (nSPS) is 10.2. The van der Waals surface area contributed by atoms with Gasteiger partial charge in [-0.25, -0.2) is 4.39 Å². The second-order valence-corrected chi connectivity index (χ2v) is 5.54. The van der Waals surface area contributed by atoms with Crippen molar-refractivity contribution >= 4 is 21.8 Å². The Labute approximate surface area is 131 Å². The van der Waals surface area contributed by atoms with Crippen LogP contribution in [0.25, 0.3) is 0 Å². The summed E-state index contributed by atoms with van der Waals surface area (Å²) in [6.45, 7) is 0.384. The van der Waals surface area contributed by atoms with Crippen molar-refractivity contribution in [2.75, 3.05) is 13.7 Å². The molecule has 0 spiro atoms. The maximum absolute atomic E-state index is 12.8. The van der Waals surface area contributed by atoms with Crippen molar-refractivity contribution in [2.45, 2.75) is 6.54 Å². The summed E-state index contributed by atoms with van der Waals surface area (Å²) in [6.07, 6.45) is 0. The van der Waals surface area contributed by atoms with Gasteiger partial charge in [-0.3, -0.25) is 4.79 Å². The molecule has 110 valence electrons. The minimum absolute atomic E-state index is 0.0336. The first-order valence-corrected chi connectivity index (χ1v) is 7.20. The molecule has 0 unspecified atom stereocenters. The number of carbonyl (C=O) groups is 1. The lowest BCUT2D eigenvalue weighted by Crippen LogP contribution is -2.30. The van der Waals surface area contributed by atoms with Crippen LogP contribution in [0.15, 0.2) is 53.0 Å². The van der Waals surface area contributed by atoms with Gasteiger partial charge in [0.15, 0.2) is 6.61 Å².